The maximum absolute atomic E-state index is 5.62. The van der Waals surface area contributed by atoms with Crippen LogP contribution in [0.5, 0.6) is 0 Å². The number of ether oxygens (including phenoxy) is 1. The third-order valence-electron chi connectivity index (χ3n) is 3.25. The van der Waals surface area contributed by atoms with E-state index in [0.29, 0.717) is 0 Å². The van der Waals surface area contributed by atoms with Gasteiger partial charge in [0, 0.05) is 38.4 Å². The highest BCUT2D eigenvalue weighted by Crippen LogP contribution is 2.11. The minimum Gasteiger partial charge on any atom is -0.402 e. The fraction of sp³-hybridized carbons (Fsp3) is 0.571. The lowest BCUT2D eigenvalue weighted by atomic mass is 10.2. The summed E-state index contributed by atoms with van der Waals surface area (Å²) < 4.78 is 5.35. The molecule has 2 aliphatic heterocycles. The van der Waals surface area contributed by atoms with E-state index in [4.69, 9.17) is 10.5 Å². The Morgan fingerprint density at radius 2 is 2.17 bits per heavy atom. The Kier molecular flexibility index (Phi) is 4.84. The van der Waals surface area contributed by atoms with Gasteiger partial charge in [-0.1, -0.05) is 6.08 Å². The predicted octanol–water partition coefficient (Wildman–Crippen LogP) is 0.937. The zero-order chi connectivity index (χ0) is 12.8. The molecule has 1 saturated heterocycles. The number of nitrogens with zero attached hydrogens (tertiary/aromatic N) is 2. The van der Waals surface area contributed by atoms with Gasteiger partial charge in [0.05, 0.1) is 13.2 Å². The Morgan fingerprint density at radius 3 is 2.89 bits per heavy atom. The number of allylic oxidation sites excluding steroid dienone is 3. The third-order valence-corrected chi connectivity index (χ3v) is 3.25. The van der Waals surface area contributed by atoms with Crippen molar-refractivity contribution in [2.45, 2.75) is 6.92 Å². The topological polar surface area (TPSA) is 41.7 Å². The smallest absolute Gasteiger partial charge is 0.0594 e. The molecule has 0 bridgehead atoms. The van der Waals surface area contributed by atoms with Crippen LogP contribution in [0, 0.1) is 0 Å². The first-order valence-electron chi connectivity index (χ1n) is 6.59. The van der Waals surface area contributed by atoms with Gasteiger partial charge in [-0.25, -0.2) is 0 Å². The van der Waals surface area contributed by atoms with Crippen molar-refractivity contribution in [3.63, 3.8) is 0 Å². The van der Waals surface area contributed by atoms with Gasteiger partial charge in [-0.15, -0.1) is 0 Å². The van der Waals surface area contributed by atoms with Crippen LogP contribution in [0.25, 0.3) is 0 Å². The fourth-order valence-electron chi connectivity index (χ4n) is 2.14. The Balaban J connectivity index is 1.71. The minimum absolute atomic E-state index is 0.850. The standard InChI is InChI=1S/C14H23N3O/c1-13(15)2-3-14-4-5-17(12-14)7-6-16-8-10-18-11-9-16/h2-5H,6-12,15H2,1H3/b13-2+,14-3-. The average molecular weight is 249 g/mol. The Morgan fingerprint density at radius 1 is 1.39 bits per heavy atom. The molecular formula is C14H23N3O. The second-order valence-corrected chi connectivity index (χ2v) is 4.89. The number of nitrogens with two attached hydrogens (primary N) is 1. The fourth-order valence-corrected chi connectivity index (χ4v) is 2.14. The van der Waals surface area contributed by atoms with Crippen molar-refractivity contribution in [3.05, 3.63) is 35.7 Å². The van der Waals surface area contributed by atoms with Crippen molar-refractivity contribution >= 4 is 0 Å². The van der Waals surface area contributed by atoms with Gasteiger partial charge in [0.1, 0.15) is 0 Å². The van der Waals surface area contributed by atoms with Crippen LogP contribution < -0.4 is 5.73 Å². The van der Waals surface area contributed by atoms with Crippen LogP contribution in [0.4, 0.5) is 0 Å². The first-order valence-corrected chi connectivity index (χ1v) is 6.59. The molecule has 100 valence electrons. The zero-order valence-electron chi connectivity index (χ0n) is 11.1. The van der Waals surface area contributed by atoms with E-state index in [-0.39, 0.29) is 0 Å². The second kappa shape index (κ2) is 6.61. The van der Waals surface area contributed by atoms with Crippen LogP contribution in [-0.2, 0) is 4.74 Å². The second-order valence-electron chi connectivity index (χ2n) is 4.89. The van der Waals surface area contributed by atoms with E-state index in [9.17, 15) is 0 Å². The Labute approximate surface area is 109 Å². The average Bonchev–Trinajstić information content (AvgIpc) is 2.83. The molecule has 0 atom stereocenters. The summed E-state index contributed by atoms with van der Waals surface area (Å²) in [6, 6.07) is 0. The van der Waals surface area contributed by atoms with Gasteiger partial charge in [0.15, 0.2) is 0 Å². The van der Waals surface area contributed by atoms with Crippen LogP contribution in [-0.4, -0.2) is 55.7 Å². The molecule has 2 N–H and O–H groups in total. The van der Waals surface area contributed by atoms with Crippen LogP contribution >= 0.6 is 0 Å². The highest BCUT2D eigenvalue weighted by molar-refractivity contribution is 5.30. The summed E-state index contributed by atoms with van der Waals surface area (Å²) in [5.41, 5.74) is 7.79. The zero-order valence-corrected chi connectivity index (χ0v) is 11.1. The molecule has 0 aromatic heterocycles. The molecule has 0 amide bonds. The normalized spacial score (nSPS) is 24.2. The summed E-state index contributed by atoms with van der Waals surface area (Å²) in [6.07, 6.45) is 8.40. The van der Waals surface area contributed by atoms with E-state index in [2.05, 4.69) is 28.2 Å². The molecule has 0 saturated carbocycles. The Bertz CT molecular complexity index is 350. The Hall–Kier alpha value is -1.26. The van der Waals surface area contributed by atoms with E-state index < -0.39 is 0 Å². The summed E-state index contributed by atoms with van der Waals surface area (Å²) in [5, 5.41) is 0. The van der Waals surface area contributed by atoms with Gasteiger partial charge < -0.3 is 15.4 Å². The van der Waals surface area contributed by atoms with Crippen LogP contribution in [0.3, 0.4) is 0 Å². The van der Waals surface area contributed by atoms with Gasteiger partial charge in [0.2, 0.25) is 0 Å². The van der Waals surface area contributed by atoms with Gasteiger partial charge in [-0.05, 0) is 30.8 Å². The van der Waals surface area contributed by atoms with Crippen LogP contribution in [0.1, 0.15) is 6.92 Å². The molecule has 0 radical (unpaired) electrons. The lowest BCUT2D eigenvalue weighted by Gasteiger charge is -2.28. The highest BCUT2D eigenvalue weighted by Gasteiger charge is 2.13. The van der Waals surface area contributed by atoms with Gasteiger partial charge in [-0.2, -0.15) is 0 Å². The maximum Gasteiger partial charge on any atom is 0.0594 e. The predicted molar refractivity (Wildman–Crippen MR) is 74.0 cm³/mol. The first-order chi connectivity index (χ1) is 8.74. The first kappa shape index (κ1) is 13.2. The molecule has 0 spiro atoms. The number of morpholine rings is 1. The molecule has 0 aliphatic carbocycles. The van der Waals surface area contributed by atoms with Gasteiger partial charge in [-0.3, -0.25) is 4.90 Å². The number of hydrogen-bond donors (Lipinski definition) is 1. The van der Waals surface area contributed by atoms with Crippen molar-refractivity contribution < 1.29 is 4.74 Å². The van der Waals surface area contributed by atoms with E-state index >= 15 is 0 Å². The summed E-state index contributed by atoms with van der Waals surface area (Å²) in [5.74, 6) is 0. The van der Waals surface area contributed by atoms with E-state index in [1.807, 2.05) is 13.0 Å². The number of hydrogen-bond acceptors (Lipinski definition) is 4. The quantitative estimate of drug-likeness (QED) is 0.805. The molecule has 2 aliphatic rings. The molecule has 2 heterocycles. The molecule has 1 fully saturated rings. The molecule has 0 unspecified atom stereocenters. The highest BCUT2D eigenvalue weighted by atomic mass is 16.5. The summed E-state index contributed by atoms with van der Waals surface area (Å²) in [4.78, 5) is 4.81. The molecule has 0 aromatic rings. The molecular weight excluding hydrogens is 226 g/mol. The minimum atomic E-state index is 0.850. The van der Waals surface area contributed by atoms with Crippen molar-refractivity contribution in [2.75, 3.05) is 45.9 Å². The summed E-state index contributed by atoms with van der Waals surface area (Å²) in [6.45, 7) is 8.99. The molecule has 4 nitrogen and oxygen atoms in total. The van der Waals surface area contributed by atoms with Crippen molar-refractivity contribution in [2.24, 2.45) is 5.73 Å². The van der Waals surface area contributed by atoms with Crippen molar-refractivity contribution in [1.29, 1.82) is 0 Å². The third kappa shape index (κ3) is 4.20. The summed E-state index contributed by atoms with van der Waals surface area (Å²) in [7, 11) is 0. The molecule has 18 heavy (non-hydrogen) atoms. The maximum atomic E-state index is 5.62. The lowest BCUT2D eigenvalue weighted by Crippen LogP contribution is -2.40. The van der Waals surface area contributed by atoms with Crippen LogP contribution in [0.15, 0.2) is 35.7 Å². The largest absolute Gasteiger partial charge is 0.402 e. The van der Waals surface area contributed by atoms with Crippen LogP contribution in [0.2, 0.25) is 0 Å². The van der Waals surface area contributed by atoms with Crippen molar-refractivity contribution in [1.82, 2.24) is 9.80 Å². The summed E-state index contributed by atoms with van der Waals surface area (Å²) >= 11 is 0. The lowest BCUT2D eigenvalue weighted by molar-refractivity contribution is 0.0357. The molecule has 0 aromatic carbocycles. The molecule has 4 heteroatoms. The molecule has 2 rings (SSSR count). The van der Waals surface area contributed by atoms with Gasteiger partial charge >= 0.3 is 0 Å². The van der Waals surface area contributed by atoms with E-state index in [1.54, 1.807) is 0 Å². The van der Waals surface area contributed by atoms with Crippen molar-refractivity contribution in [3.8, 4) is 0 Å². The van der Waals surface area contributed by atoms with E-state index in [1.165, 1.54) is 5.57 Å². The van der Waals surface area contributed by atoms with Gasteiger partial charge in [0.25, 0.3) is 0 Å². The van der Waals surface area contributed by atoms with E-state index in [0.717, 1.165) is 51.6 Å². The SMILES string of the molecule is C/C(N)=C\C=C1\C=CN(CCN2CCOCC2)C1. The monoisotopic (exact) mass is 249 g/mol. The number of rotatable bonds is 4.